The van der Waals surface area contributed by atoms with E-state index in [9.17, 15) is 9.59 Å². The number of hydrogen-bond acceptors (Lipinski definition) is 5. The van der Waals surface area contributed by atoms with Gasteiger partial charge in [-0.2, -0.15) is 0 Å². The van der Waals surface area contributed by atoms with Crippen molar-refractivity contribution >= 4 is 23.3 Å². The van der Waals surface area contributed by atoms with Crippen molar-refractivity contribution in [1.82, 2.24) is 15.5 Å². The summed E-state index contributed by atoms with van der Waals surface area (Å²) < 4.78 is 5.16. The van der Waals surface area contributed by atoms with E-state index >= 15 is 0 Å². The molecule has 0 unspecified atom stereocenters. The van der Waals surface area contributed by atoms with Crippen LogP contribution in [0.3, 0.4) is 0 Å². The van der Waals surface area contributed by atoms with Crippen LogP contribution in [0.4, 0.5) is 16.2 Å². The van der Waals surface area contributed by atoms with Crippen molar-refractivity contribution in [2.24, 2.45) is 0 Å². The highest BCUT2D eigenvalue weighted by Crippen LogP contribution is 2.24. The molecule has 2 heterocycles. The van der Waals surface area contributed by atoms with Crippen LogP contribution in [0, 0.1) is 0 Å². The fraction of sp³-hybridized carbons (Fsp3) is 0.417. The van der Waals surface area contributed by atoms with Crippen LogP contribution in [0.1, 0.15) is 6.42 Å². The number of benzene rings is 2. The van der Waals surface area contributed by atoms with Gasteiger partial charge in [-0.25, -0.2) is 4.79 Å². The van der Waals surface area contributed by atoms with Crippen molar-refractivity contribution in [2.75, 3.05) is 62.7 Å². The van der Waals surface area contributed by atoms with Crippen LogP contribution in [0.15, 0.2) is 54.6 Å². The Morgan fingerprint density at radius 3 is 2.41 bits per heavy atom. The number of carbonyl (C=O) groups excluding carboxylic acids is 2. The molecule has 2 aliphatic rings. The third-order valence-electron chi connectivity index (χ3n) is 6.05. The number of methoxy groups -OCH3 is 1. The zero-order valence-corrected chi connectivity index (χ0v) is 18.5. The fourth-order valence-corrected chi connectivity index (χ4v) is 4.25. The van der Waals surface area contributed by atoms with Crippen LogP contribution in [-0.2, 0) is 4.79 Å². The van der Waals surface area contributed by atoms with Gasteiger partial charge in [0.2, 0.25) is 5.91 Å². The van der Waals surface area contributed by atoms with Crippen molar-refractivity contribution in [2.45, 2.75) is 12.5 Å². The molecule has 4 rings (SSSR count). The number of urea groups is 1. The lowest BCUT2D eigenvalue weighted by Gasteiger charge is -2.36. The molecule has 0 aliphatic carbocycles. The van der Waals surface area contributed by atoms with E-state index in [1.165, 1.54) is 5.69 Å². The summed E-state index contributed by atoms with van der Waals surface area (Å²) in [5.41, 5.74) is 2.08. The molecular formula is C24H31N5O3. The highest BCUT2D eigenvalue weighted by molar-refractivity contribution is 5.96. The molecule has 8 nitrogen and oxygen atoms in total. The molecule has 170 valence electrons. The maximum absolute atomic E-state index is 12.4. The number of amides is 3. The number of para-hydroxylation sites is 1. The number of rotatable bonds is 7. The molecular weight excluding hydrogens is 406 g/mol. The number of piperazine rings is 1. The normalized spacial score (nSPS) is 19.2. The minimum atomic E-state index is -0.220. The van der Waals surface area contributed by atoms with Gasteiger partial charge in [0, 0.05) is 63.6 Å². The zero-order chi connectivity index (χ0) is 22.3. The summed E-state index contributed by atoms with van der Waals surface area (Å²) in [7, 11) is 1.61. The average molecular weight is 438 g/mol. The summed E-state index contributed by atoms with van der Waals surface area (Å²) in [6.07, 6.45) is 0.306. The first-order valence-electron chi connectivity index (χ1n) is 11.1. The summed E-state index contributed by atoms with van der Waals surface area (Å²) >= 11 is 0. The summed E-state index contributed by atoms with van der Waals surface area (Å²) in [5.74, 6) is 0.757. The number of nitrogens with one attached hydrogen (secondary N) is 2. The second-order valence-corrected chi connectivity index (χ2v) is 8.17. The Morgan fingerprint density at radius 1 is 1.00 bits per heavy atom. The van der Waals surface area contributed by atoms with Gasteiger partial charge in [-0.05, 0) is 36.4 Å². The third kappa shape index (κ3) is 5.50. The minimum absolute atomic E-state index is 0.0109. The predicted molar refractivity (Wildman–Crippen MR) is 125 cm³/mol. The first-order valence-corrected chi connectivity index (χ1v) is 11.1. The first kappa shape index (κ1) is 22.0. The lowest BCUT2D eigenvalue weighted by molar-refractivity contribution is -0.117. The molecule has 3 amide bonds. The van der Waals surface area contributed by atoms with Crippen molar-refractivity contribution < 1.29 is 14.3 Å². The molecule has 0 aromatic heterocycles. The molecule has 0 spiro atoms. The molecule has 1 atom stereocenters. The second-order valence-electron chi connectivity index (χ2n) is 8.17. The van der Waals surface area contributed by atoms with E-state index in [-0.39, 0.29) is 18.0 Å². The largest absolute Gasteiger partial charge is 0.497 e. The Morgan fingerprint density at radius 2 is 1.72 bits per heavy atom. The van der Waals surface area contributed by atoms with Crippen molar-refractivity contribution in [1.29, 1.82) is 0 Å². The van der Waals surface area contributed by atoms with Gasteiger partial charge in [-0.1, -0.05) is 18.2 Å². The molecule has 2 N–H and O–H groups in total. The van der Waals surface area contributed by atoms with Gasteiger partial charge in [-0.15, -0.1) is 0 Å². The number of anilines is 2. The molecule has 0 saturated carbocycles. The lowest BCUT2D eigenvalue weighted by atomic mass is 10.2. The Bertz CT molecular complexity index is 898. The molecule has 2 aromatic rings. The van der Waals surface area contributed by atoms with Crippen LogP contribution in [-0.4, -0.2) is 75.8 Å². The van der Waals surface area contributed by atoms with Crippen LogP contribution in [0.25, 0.3) is 0 Å². The second kappa shape index (κ2) is 10.4. The van der Waals surface area contributed by atoms with E-state index in [1.54, 1.807) is 12.0 Å². The summed E-state index contributed by atoms with van der Waals surface area (Å²) in [4.78, 5) is 31.2. The summed E-state index contributed by atoms with van der Waals surface area (Å²) in [6.45, 7) is 5.80. The third-order valence-corrected chi connectivity index (χ3v) is 6.05. The summed E-state index contributed by atoms with van der Waals surface area (Å²) in [5, 5.41) is 5.87. The fourth-order valence-electron chi connectivity index (χ4n) is 4.25. The van der Waals surface area contributed by atoms with Gasteiger partial charge in [0.15, 0.2) is 0 Å². The van der Waals surface area contributed by atoms with Gasteiger partial charge < -0.3 is 25.2 Å². The number of hydrogen-bond donors (Lipinski definition) is 2. The number of ether oxygens (including phenoxy) is 1. The minimum Gasteiger partial charge on any atom is -0.497 e. The van der Waals surface area contributed by atoms with Crippen LogP contribution < -0.4 is 25.2 Å². The Balaban J connectivity index is 1.15. The first-order chi connectivity index (χ1) is 15.6. The molecule has 32 heavy (non-hydrogen) atoms. The zero-order valence-electron chi connectivity index (χ0n) is 18.5. The SMILES string of the molecule is COc1ccc(N2C[C@H](NC(=O)NCCN3CCN(c4ccccc4)CC3)CC2=O)cc1. The van der Waals surface area contributed by atoms with Gasteiger partial charge in [0.25, 0.3) is 0 Å². The molecule has 2 saturated heterocycles. The summed E-state index contributed by atoms with van der Waals surface area (Å²) in [6, 6.07) is 17.4. The van der Waals surface area contributed by atoms with E-state index in [4.69, 9.17) is 4.74 Å². The van der Waals surface area contributed by atoms with Crippen molar-refractivity contribution in [3.05, 3.63) is 54.6 Å². The molecule has 2 aromatic carbocycles. The van der Waals surface area contributed by atoms with Crippen molar-refractivity contribution in [3.8, 4) is 5.75 Å². The Hall–Kier alpha value is -3.26. The standard InChI is InChI=1S/C24H31N5O3/c1-32-22-9-7-21(8-10-22)29-18-19(17-23(29)30)26-24(31)25-11-12-27-13-15-28(16-14-27)20-5-3-2-4-6-20/h2-10,19H,11-18H2,1H3,(H2,25,26,31)/t19-/m1/s1. The van der Waals surface area contributed by atoms with E-state index in [0.717, 1.165) is 44.2 Å². The molecule has 8 heteroatoms. The van der Waals surface area contributed by atoms with E-state index in [2.05, 4.69) is 44.7 Å². The number of carbonyl (C=O) groups is 2. The van der Waals surface area contributed by atoms with Gasteiger partial charge in [0.05, 0.1) is 13.2 Å². The Labute approximate surface area is 189 Å². The quantitative estimate of drug-likeness (QED) is 0.692. The van der Waals surface area contributed by atoms with Gasteiger partial charge in [0.1, 0.15) is 5.75 Å². The van der Waals surface area contributed by atoms with Gasteiger partial charge >= 0.3 is 6.03 Å². The molecule has 0 bridgehead atoms. The Kier molecular flexibility index (Phi) is 7.11. The van der Waals surface area contributed by atoms with Crippen LogP contribution >= 0.6 is 0 Å². The van der Waals surface area contributed by atoms with Crippen LogP contribution in [0.5, 0.6) is 5.75 Å². The highest BCUT2D eigenvalue weighted by atomic mass is 16.5. The monoisotopic (exact) mass is 437 g/mol. The maximum Gasteiger partial charge on any atom is 0.315 e. The number of nitrogens with zero attached hydrogens (tertiary/aromatic N) is 3. The van der Waals surface area contributed by atoms with Crippen LogP contribution in [0.2, 0.25) is 0 Å². The smallest absolute Gasteiger partial charge is 0.315 e. The molecule has 2 fully saturated rings. The molecule has 2 aliphatic heterocycles. The average Bonchev–Trinajstić information content (AvgIpc) is 3.19. The van der Waals surface area contributed by atoms with E-state index < -0.39 is 0 Å². The highest BCUT2D eigenvalue weighted by Gasteiger charge is 2.31. The lowest BCUT2D eigenvalue weighted by Crippen LogP contribution is -2.50. The van der Waals surface area contributed by atoms with Gasteiger partial charge in [-0.3, -0.25) is 9.69 Å². The predicted octanol–water partition coefficient (Wildman–Crippen LogP) is 1.92. The maximum atomic E-state index is 12.4. The van der Waals surface area contributed by atoms with E-state index in [0.29, 0.717) is 19.5 Å². The van der Waals surface area contributed by atoms with E-state index in [1.807, 2.05) is 30.3 Å². The van der Waals surface area contributed by atoms with Crippen molar-refractivity contribution in [3.63, 3.8) is 0 Å². The molecule has 0 radical (unpaired) electrons. The topological polar surface area (TPSA) is 77.2 Å².